The highest BCUT2D eigenvalue weighted by Gasteiger charge is 2.35. The molecule has 1 aromatic rings. The van der Waals surface area contributed by atoms with Gasteiger partial charge in [-0.05, 0) is 56.0 Å². The van der Waals surface area contributed by atoms with E-state index in [0.29, 0.717) is 24.7 Å². The van der Waals surface area contributed by atoms with E-state index in [0.717, 1.165) is 32.2 Å². The largest absolute Gasteiger partial charge is 0.368 e. The highest BCUT2D eigenvalue weighted by atomic mass is 19.1. The van der Waals surface area contributed by atoms with Crippen LogP contribution in [-0.2, 0) is 9.59 Å². The molecular weight excluding hydrogens is 321 g/mol. The van der Waals surface area contributed by atoms with Gasteiger partial charge in [0.15, 0.2) is 0 Å². The van der Waals surface area contributed by atoms with E-state index in [9.17, 15) is 14.0 Å². The summed E-state index contributed by atoms with van der Waals surface area (Å²) in [6.45, 7) is 2.24. The van der Waals surface area contributed by atoms with Crippen LogP contribution in [0.5, 0.6) is 0 Å². The van der Waals surface area contributed by atoms with Gasteiger partial charge in [0, 0.05) is 25.2 Å². The summed E-state index contributed by atoms with van der Waals surface area (Å²) in [5, 5.41) is 0. The minimum atomic E-state index is -0.315. The Morgan fingerprint density at radius 1 is 1.16 bits per heavy atom. The molecule has 0 aromatic heterocycles. The fourth-order valence-electron chi connectivity index (χ4n) is 3.83. The van der Waals surface area contributed by atoms with Gasteiger partial charge in [-0.3, -0.25) is 14.5 Å². The second-order valence-electron chi connectivity index (χ2n) is 6.74. The summed E-state index contributed by atoms with van der Waals surface area (Å²) in [7, 11) is 0. The third-order valence-corrected chi connectivity index (χ3v) is 5.13. The zero-order valence-corrected chi connectivity index (χ0v) is 14.2. The Hall–Kier alpha value is -2.21. The summed E-state index contributed by atoms with van der Waals surface area (Å²) in [6.07, 6.45) is 6.68. The van der Waals surface area contributed by atoms with Crippen LogP contribution in [0.3, 0.4) is 0 Å². The van der Waals surface area contributed by atoms with Crippen molar-refractivity contribution in [2.45, 2.75) is 37.8 Å². The zero-order chi connectivity index (χ0) is 17.8. The van der Waals surface area contributed by atoms with Crippen LogP contribution in [-0.4, -0.2) is 53.3 Å². The summed E-state index contributed by atoms with van der Waals surface area (Å²) in [5.41, 5.74) is 6.17. The second kappa shape index (κ2) is 7.78. The van der Waals surface area contributed by atoms with Gasteiger partial charge in [0.25, 0.3) is 0 Å². The molecule has 3 rings (SSSR count). The molecule has 0 radical (unpaired) electrons. The summed E-state index contributed by atoms with van der Waals surface area (Å²) < 4.78 is 13.2. The van der Waals surface area contributed by atoms with Crippen LogP contribution in [0.4, 0.5) is 4.39 Å². The van der Waals surface area contributed by atoms with Crippen molar-refractivity contribution in [1.82, 2.24) is 9.80 Å². The summed E-state index contributed by atoms with van der Waals surface area (Å²) in [4.78, 5) is 27.9. The Bertz CT molecular complexity index is 668. The van der Waals surface area contributed by atoms with Crippen LogP contribution in [0.15, 0.2) is 30.3 Å². The lowest BCUT2D eigenvalue weighted by Gasteiger charge is -2.38. The Labute approximate surface area is 147 Å². The van der Waals surface area contributed by atoms with Crippen molar-refractivity contribution in [3.63, 3.8) is 0 Å². The summed E-state index contributed by atoms with van der Waals surface area (Å²) >= 11 is 0. The molecule has 2 heterocycles. The standard InChI is InChI=1S/C19H24FN3O2/c20-15-4-1-3-14(13-15)6-7-18(24)22-11-8-16(9-12-22)23-10-2-5-17(23)19(21)25/h1,3-4,6-7,13,16-17H,2,5,8-12H2,(H2,21,25)/b7-6-/t17-/m1/s1. The number of hydrogen-bond donors (Lipinski definition) is 1. The van der Waals surface area contributed by atoms with E-state index in [1.54, 1.807) is 18.2 Å². The van der Waals surface area contributed by atoms with Crippen molar-refractivity contribution in [2.24, 2.45) is 5.73 Å². The number of carbonyl (C=O) groups excluding carboxylic acids is 2. The first-order valence-corrected chi connectivity index (χ1v) is 8.82. The van der Waals surface area contributed by atoms with Gasteiger partial charge in [0.05, 0.1) is 6.04 Å². The molecule has 2 amide bonds. The van der Waals surface area contributed by atoms with Crippen LogP contribution in [0, 0.1) is 5.82 Å². The molecule has 2 fully saturated rings. The number of carbonyl (C=O) groups is 2. The molecule has 2 N–H and O–H groups in total. The van der Waals surface area contributed by atoms with Crippen LogP contribution < -0.4 is 5.73 Å². The summed E-state index contributed by atoms with van der Waals surface area (Å²) in [5.74, 6) is -0.616. The number of likely N-dealkylation sites (tertiary alicyclic amines) is 2. The maximum absolute atomic E-state index is 13.2. The molecule has 0 aliphatic carbocycles. The van der Waals surface area contributed by atoms with Crippen molar-refractivity contribution in [1.29, 1.82) is 0 Å². The minimum Gasteiger partial charge on any atom is -0.368 e. The molecule has 0 saturated carbocycles. The normalized spacial score (nSPS) is 22.6. The van der Waals surface area contributed by atoms with Crippen LogP contribution in [0.25, 0.3) is 6.08 Å². The molecule has 0 spiro atoms. The molecule has 6 heteroatoms. The van der Waals surface area contributed by atoms with E-state index in [4.69, 9.17) is 5.73 Å². The van der Waals surface area contributed by atoms with E-state index in [2.05, 4.69) is 4.90 Å². The number of amides is 2. The molecule has 1 atom stereocenters. The lowest BCUT2D eigenvalue weighted by atomic mass is 10.0. The lowest BCUT2D eigenvalue weighted by molar-refractivity contribution is -0.129. The van der Waals surface area contributed by atoms with Gasteiger partial charge in [-0.25, -0.2) is 4.39 Å². The highest BCUT2D eigenvalue weighted by Crippen LogP contribution is 2.26. The fourth-order valence-corrected chi connectivity index (χ4v) is 3.83. The van der Waals surface area contributed by atoms with E-state index >= 15 is 0 Å². The Morgan fingerprint density at radius 3 is 2.60 bits per heavy atom. The SMILES string of the molecule is NC(=O)[C@H]1CCCN1C1CCN(C(=O)/C=C\c2cccc(F)c2)CC1. The number of rotatable bonds is 4. The van der Waals surface area contributed by atoms with Gasteiger partial charge in [-0.2, -0.15) is 0 Å². The number of piperidine rings is 1. The third-order valence-electron chi connectivity index (χ3n) is 5.13. The monoisotopic (exact) mass is 345 g/mol. The smallest absolute Gasteiger partial charge is 0.246 e. The van der Waals surface area contributed by atoms with E-state index in [1.165, 1.54) is 18.2 Å². The molecule has 25 heavy (non-hydrogen) atoms. The molecule has 0 unspecified atom stereocenters. The van der Waals surface area contributed by atoms with Crippen LogP contribution >= 0.6 is 0 Å². The van der Waals surface area contributed by atoms with E-state index in [1.807, 2.05) is 4.90 Å². The Balaban J connectivity index is 1.53. The molecule has 1 aromatic carbocycles. The van der Waals surface area contributed by atoms with E-state index in [-0.39, 0.29) is 23.7 Å². The van der Waals surface area contributed by atoms with Crippen molar-refractivity contribution in [2.75, 3.05) is 19.6 Å². The molecule has 5 nitrogen and oxygen atoms in total. The predicted molar refractivity (Wildman–Crippen MR) is 94.0 cm³/mol. The maximum atomic E-state index is 13.2. The molecular formula is C19H24FN3O2. The topological polar surface area (TPSA) is 66.6 Å². The predicted octanol–water partition coefficient (Wildman–Crippen LogP) is 1.78. The number of benzene rings is 1. The highest BCUT2D eigenvalue weighted by molar-refractivity contribution is 5.91. The average molecular weight is 345 g/mol. The van der Waals surface area contributed by atoms with Crippen LogP contribution in [0.2, 0.25) is 0 Å². The van der Waals surface area contributed by atoms with Crippen molar-refractivity contribution in [3.8, 4) is 0 Å². The summed E-state index contributed by atoms with van der Waals surface area (Å²) in [6, 6.07) is 6.32. The first kappa shape index (κ1) is 17.6. The van der Waals surface area contributed by atoms with Gasteiger partial charge >= 0.3 is 0 Å². The number of nitrogens with zero attached hydrogens (tertiary/aromatic N) is 2. The number of primary amides is 1. The number of halogens is 1. The third kappa shape index (κ3) is 4.25. The van der Waals surface area contributed by atoms with Crippen molar-refractivity contribution < 1.29 is 14.0 Å². The second-order valence-corrected chi connectivity index (χ2v) is 6.74. The Morgan fingerprint density at radius 2 is 1.92 bits per heavy atom. The zero-order valence-electron chi connectivity index (χ0n) is 14.2. The Kier molecular flexibility index (Phi) is 5.48. The van der Waals surface area contributed by atoms with Crippen LogP contribution in [0.1, 0.15) is 31.2 Å². The lowest BCUT2D eigenvalue weighted by Crippen LogP contribution is -2.51. The van der Waals surface area contributed by atoms with Crippen molar-refractivity contribution in [3.05, 3.63) is 41.7 Å². The molecule has 2 aliphatic rings. The van der Waals surface area contributed by atoms with E-state index < -0.39 is 0 Å². The number of nitrogens with two attached hydrogens (primary N) is 1. The first-order chi connectivity index (χ1) is 12.0. The fraction of sp³-hybridized carbons (Fsp3) is 0.474. The molecule has 0 bridgehead atoms. The average Bonchev–Trinajstić information content (AvgIpc) is 3.10. The van der Waals surface area contributed by atoms with Gasteiger partial charge < -0.3 is 10.6 Å². The van der Waals surface area contributed by atoms with Gasteiger partial charge in [0.1, 0.15) is 5.82 Å². The van der Waals surface area contributed by atoms with Gasteiger partial charge in [-0.15, -0.1) is 0 Å². The minimum absolute atomic E-state index is 0.0596. The molecule has 134 valence electrons. The van der Waals surface area contributed by atoms with Gasteiger partial charge in [0.2, 0.25) is 11.8 Å². The quantitative estimate of drug-likeness (QED) is 0.846. The molecule has 2 saturated heterocycles. The number of hydrogen-bond acceptors (Lipinski definition) is 3. The molecule has 2 aliphatic heterocycles. The van der Waals surface area contributed by atoms with Crippen molar-refractivity contribution >= 4 is 17.9 Å². The first-order valence-electron chi connectivity index (χ1n) is 8.82. The maximum Gasteiger partial charge on any atom is 0.246 e. The van der Waals surface area contributed by atoms with Gasteiger partial charge in [-0.1, -0.05) is 12.1 Å².